The number of nitrogens with one attached hydrogen (secondary N) is 1. The highest BCUT2D eigenvalue weighted by atomic mass is 16.6. The second-order valence-corrected chi connectivity index (χ2v) is 4.73. The molecule has 0 saturated heterocycles. The summed E-state index contributed by atoms with van der Waals surface area (Å²) in [4.78, 5) is 36.5. The molecule has 1 N–H and O–H groups in total. The van der Waals surface area contributed by atoms with Gasteiger partial charge in [-0.1, -0.05) is 30.3 Å². The van der Waals surface area contributed by atoms with Crippen LogP contribution in [0.15, 0.2) is 30.3 Å². The van der Waals surface area contributed by atoms with Gasteiger partial charge in [0.1, 0.15) is 0 Å². The van der Waals surface area contributed by atoms with Crippen molar-refractivity contribution in [3.8, 4) is 0 Å². The first-order chi connectivity index (χ1) is 11.5. The van der Waals surface area contributed by atoms with Crippen LogP contribution in [0.1, 0.15) is 32.4 Å². The van der Waals surface area contributed by atoms with E-state index >= 15 is 0 Å². The maximum absolute atomic E-state index is 12.3. The van der Waals surface area contributed by atoms with Crippen molar-refractivity contribution in [1.29, 1.82) is 0 Å². The van der Waals surface area contributed by atoms with Gasteiger partial charge in [0, 0.05) is 0 Å². The van der Waals surface area contributed by atoms with Crippen LogP contribution >= 0.6 is 0 Å². The summed E-state index contributed by atoms with van der Waals surface area (Å²) in [5, 5.41) is 2.55. The zero-order valence-electron chi connectivity index (χ0n) is 14.1. The molecule has 0 spiro atoms. The summed E-state index contributed by atoms with van der Waals surface area (Å²) in [6.45, 7) is 5.31. The van der Waals surface area contributed by atoms with Gasteiger partial charge in [-0.2, -0.15) is 0 Å². The first-order valence-electron chi connectivity index (χ1n) is 7.86. The van der Waals surface area contributed by atoms with E-state index in [1.165, 1.54) is 0 Å². The van der Waals surface area contributed by atoms with Gasteiger partial charge in [0.2, 0.25) is 0 Å². The Bertz CT molecular complexity index is 527. The first kappa shape index (κ1) is 19.5. The molecule has 1 rings (SSSR count). The molecule has 0 saturated carbocycles. The van der Waals surface area contributed by atoms with E-state index < -0.39 is 30.0 Å². The molecule has 0 bridgehead atoms. The summed E-state index contributed by atoms with van der Waals surface area (Å²) in [5.74, 6) is -2.85. The second kappa shape index (κ2) is 10.3. The van der Waals surface area contributed by atoms with E-state index in [2.05, 4.69) is 5.32 Å². The van der Waals surface area contributed by atoms with E-state index in [9.17, 15) is 14.4 Å². The third-order valence-electron chi connectivity index (χ3n) is 3.12. The number of carbonyl (C=O) groups is 3. The Morgan fingerprint density at radius 2 is 1.38 bits per heavy atom. The van der Waals surface area contributed by atoms with Crippen molar-refractivity contribution < 1.29 is 28.6 Å². The van der Waals surface area contributed by atoms with Crippen LogP contribution < -0.4 is 5.32 Å². The summed E-state index contributed by atoms with van der Waals surface area (Å²) in [6.07, 6.45) is -0.732. The molecule has 1 aromatic rings. The highest BCUT2D eigenvalue weighted by molar-refractivity contribution is 5.96. The second-order valence-electron chi connectivity index (χ2n) is 4.73. The summed E-state index contributed by atoms with van der Waals surface area (Å²) in [6, 6.07) is 7.70. The monoisotopic (exact) mass is 337 g/mol. The van der Waals surface area contributed by atoms with Gasteiger partial charge in [-0.25, -0.2) is 4.79 Å². The van der Waals surface area contributed by atoms with Crippen molar-refractivity contribution >= 4 is 18.0 Å². The number of amides is 1. The van der Waals surface area contributed by atoms with Crippen LogP contribution in [0.25, 0.3) is 0 Å². The lowest BCUT2D eigenvalue weighted by Gasteiger charge is -2.25. The molecule has 1 amide bonds. The van der Waals surface area contributed by atoms with Crippen molar-refractivity contribution in [3.63, 3.8) is 0 Å². The van der Waals surface area contributed by atoms with Crippen LogP contribution in [0, 0.1) is 5.92 Å². The molecule has 0 unspecified atom stereocenters. The first-order valence-corrected chi connectivity index (χ1v) is 7.86. The van der Waals surface area contributed by atoms with Crippen LogP contribution in [-0.4, -0.2) is 37.9 Å². The highest BCUT2D eigenvalue weighted by Gasteiger charge is 2.39. The molecule has 1 aromatic carbocycles. The smallest absolute Gasteiger partial charge is 0.407 e. The van der Waals surface area contributed by atoms with Crippen molar-refractivity contribution in [2.75, 3.05) is 19.8 Å². The van der Waals surface area contributed by atoms with Gasteiger partial charge in [-0.15, -0.1) is 0 Å². The molecule has 0 aliphatic carbocycles. The molecule has 0 heterocycles. The quantitative estimate of drug-likeness (QED) is 0.444. The molecule has 24 heavy (non-hydrogen) atoms. The Labute approximate surface area is 141 Å². The van der Waals surface area contributed by atoms with Gasteiger partial charge in [0.25, 0.3) is 0 Å². The number of hydrogen-bond acceptors (Lipinski definition) is 6. The van der Waals surface area contributed by atoms with Crippen molar-refractivity contribution in [1.82, 2.24) is 5.32 Å². The number of ether oxygens (including phenoxy) is 3. The summed E-state index contributed by atoms with van der Waals surface area (Å²) < 4.78 is 14.8. The van der Waals surface area contributed by atoms with Crippen LogP contribution in [0.3, 0.4) is 0 Å². The highest BCUT2D eigenvalue weighted by Crippen LogP contribution is 2.25. The Morgan fingerprint density at radius 3 is 1.83 bits per heavy atom. The Balaban J connectivity index is 3.20. The Morgan fingerprint density at radius 1 is 0.875 bits per heavy atom. The minimum Gasteiger partial charge on any atom is -0.465 e. The van der Waals surface area contributed by atoms with E-state index in [0.29, 0.717) is 5.56 Å². The topological polar surface area (TPSA) is 90.9 Å². The molecule has 0 aliphatic heterocycles. The van der Waals surface area contributed by atoms with Gasteiger partial charge in [-0.05, 0) is 26.3 Å². The largest absolute Gasteiger partial charge is 0.465 e. The molecule has 1 atom stereocenters. The zero-order valence-corrected chi connectivity index (χ0v) is 14.1. The van der Waals surface area contributed by atoms with Gasteiger partial charge in [0.15, 0.2) is 5.92 Å². The predicted molar refractivity (Wildman–Crippen MR) is 86.1 cm³/mol. The minimum absolute atomic E-state index is 0.107. The molecule has 0 fully saturated rings. The molecule has 132 valence electrons. The number of esters is 2. The van der Waals surface area contributed by atoms with Crippen molar-refractivity contribution in [2.45, 2.75) is 26.8 Å². The number of carbonyl (C=O) groups excluding carboxylic acids is 3. The molecule has 0 aliphatic rings. The van der Waals surface area contributed by atoms with E-state index in [1.54, 1.807) is 51.1 Å². The van der Waals surface area contributed by atoms with Crippen LogP contribution in [0.4, 0.5) is 4.79 Å². The Hall–Kier alpha value is -2.57. The molecular formula is C17H23NO6. The lowest BCUT2D eigenvalue weighted by Crippen LogP contribution is -2.42. The Kier molecular flexibility index (Phi) is 8.32. The number of rotatable bonds is 8. The summed E-state index contributed by atoms with van der Waals surface area (Å²) in [7, 11) is 0. The van der Waals surface area contributed by atoms with Crippen LogP contribution in [-0.2, 0) is 23.8 Å². The SMILES string of the molecule is CCOC(=O)N[C@H](c1ccccc1)C(C(=O)OCC)C(=O)OCC. The van der Waals surface area contributed by atoms with E-state index in [0.717, 1.165) is 0 Å². The van der Waals surface area contributed by atoms with Crippen LogP contribution in [0.2, 0.25) is 0 Å². The normalized spacial score (nSPS) is 11.5. The van der Waals surface area contributed by atoms with Crippen molar-refractivity contribution in [3.05, 3.63) is 35.9 Å². The fraction of sp³-hybridized carbons (Fsp3) is 0.471. The van der Waals surface area contributed by atoms with Crippen molar-refractivity contribution in [2.24, 2.45) is 5.92 Å². The zero-order chi connectivity index (χ0) is 17.9. The maximum Gasteiger partial charge on any atom is 0.407 e. The van der Waals surface area contributed by atoms with E-state index in [4.69, 9.17) is 14.2 Å². The molecule has 0 radical (unpaired) electrons. The number of benzene rings is 1. The fourth-order valence-corrected chi connectivity index (χ4v) is 2.15. The summed E-state index contributed by atoms with van der Waals surface area (Å²) in [5.41, 5.74) is 0.566. The summed E-state index contributed by atoms with van der Waals surface area (Å²) >= 11 is 0. The van der Waals surface area contributed by atoms with Crippen LogP contribution in [0.5, 0.6) is 0 Å². The predicted octanol–water partition coefficient (Wildman–Crippen LogP) is 2.22. The van der Waals surface area contributed by atoms with E-state index in [-0.39, 0.29) is 19.8 Å². The molecule has 7 nitrogen and oxygen atoms in total. The lowest BCUT2D eigenvalue weighted by molar-refractivity contribution is -0.163. The molecule has 7 heteroatoms. The average Bonchev–Trinajstić information content (AvgIpc) is 2.56. The maximum atomic E-state index is 12.3. The standard InChI is InChI=1S/C17H23NO6/c1-4-22-15(19)13(16(20)23-5-2)14(18-17(21)24-6-3)12-10-8-7-9-11-12/h7-11,13-14H,4-6H2,1-3H3,(H,18,21)/t14-/m1/s1. The van der Waals surface area contributed by atoms with Gasteiger partial charge >= 0.3 is 18.0 Å². The third-order valence-corrected chi connectivity index (χ3v) is 3.12. The van der Waals surface area contributed by atoms with Gasteiger partial charge in [-0.3, -0.25) is 9.59 Å². The third kappa shape index (κ3) is 5.57. The molecule has 0 aromatic heterocycles. The molecular weight excluding hydrogens is 314 g/mol. The number of alkyl carbamates (subject to hydrolysis) is 1. The fourth-order valence-electron chi connectivity index (χ4n) is 2.15. The lowest BCUT2D eigenvalue weighted by atomic mass is 9.93. The number of hydrogen-bond donors (Lipinski definition) is 1. The average molecular weight is 337 g/mol. The van der Waals surface area contributed by atoms with E-state index in [1.807, 2.05) is 0 Å². The van der Waals surface area contributed by atoms with Gasteiger partial charge < -0.3 is 19.5 Å². The minimum atomic E-state index is -1.32. The van der Waals surface area contributed by atoms with Gasteiger partial charge in [0.05, 0.1) is 25.9 Å².